The zero-order valence-electron chi connectivity index (χ0n) is 12.4. The Balaban J connectivity index is 2.92. The molecule has 1 aromatic carbocycles. The molecule has 1 aromatic rings. The van der Waals surface area contributed by atoms with Gasteiger partial charge in [0.05, 0.1) is 11.9 Å². The largest absolute Gasteiger partial charge is 0.485 e. The van der Waals surface area contributed by atoms with Crippen molar-refractivity contribution in [3.63, 3.8) is 0 Å². The molecule has 0 saturated heterocycles. The summed E-state index contributed by atoms with van der Waals surface area (Å²) in [6.07, 6.45) is 1.85. The van der Waals surface area contributed by atoms with E-state index in [1.807, 2.05) is 30.3 Å². The van der Waals surface area contributed by atoms with Crippen LogP contribution in [0, 0.1) is 11.8 Å². The topological polar surface area (TPSA) is 18.5 Å². The van der Waals surface area contributed by atoms with Crippen molar-refractivity contribution >= 4 is 11.9 Å². The summed E-state index contributed by atoms with van der Waals surface area (Å²) in [5.41, 5.74) is -0.356. The average molecular weight is 285 g/mol. The van der Waals surface area contributed by atoms with E-state index < -0.39 is 0 Å². The zero-order valence-corrected chi connectivity index (χ0v) is 13.1. The molecule has 19 heavy (non-hydrogen) atoms. The zero-order chi connectivity index (χ0) is 14.3. The number of halogens is 1. The fourth-order valence-electron chi connectivity index (χ4n) is 2.64. The molecule has 108 valence electrons. The van der Waals surface area contributed by atoms with Gasteiger partial charge in [0.2, 0.25) is 0 Å². The van der Waals surface area contributed by atoms with Gasteiger partial charge >= 0.3 is 0 Å². The normalized spacial score (nSPS) is 12.2. The molecule has 0 aliphatic rings. The maximum absolute atomic E-state index is 6.25. The first-order chi connectivity index (χ1) is 8.97. The Hall–Kier alpha value is -0.730. The minimum Gasteiger partial charge on any atom is -0.485 e. The van der Waals surface area contributed by atoms with Crippen LogP contribution in [-0.4, -0.2) is 12.2 Å². The molecule has 0 N–H and O–H groups in total. The van der Waals surface area contributed by atoms with Gasteiger partial charge in [0.1, 0.15) is 18.0 Å². The van der Waals surface area contributed by atoms with E-state index in [0.29, 0.717) is 18.4 Å². The van der Waals surface area contributed by atoms with E-state index in [0.717, 1.165) is 18.6 Å². The fourth-order valence-corrected chi connectivity index (χ4v) is 2.84. The van der Waals surface area contributed by atoms with Gasteiger partial charge in [-0.3, -0.25) is 4.29 Å². The first kappa shape index (κ1) is 16.3. The Bertz CT molecular complexity index is 339. The SMILES string of the molecule is CC(C)CC(COCl)(CC(C)C)Oc1ccccc1. The standard InChI is InChI=1S/C16H25ClO2/c1-13(2)10-16(12-18-17,11-14(3)4)19-15-8-6-5-7-9-15/h5-9,13-14H,10-12H2,1-4H3. The van der Waals surface area contributed by atoms with Crippen LogP contribution in [0.1, 0.15) is 40.5 Å². The van der Waals surface area contributed by atoms with Crippen molar-refractivity contribution in [1.82, 2.24) is 0 Å². The van der Waals surface area contributed by atoms with Gasteiger partial charge < -0.3 is 4.74 Å². The Morgan fingerprint density at radius 2 is 1.53 bits per heavy atom. The minimum absolute atomic E-state index is 0.356. The molecule has 0 aliphatic carbocycles. The van der Waals surface area contributed by atoms with Crippen molar-refractivity contribution < 1.29 is 9.03 Å². The quantitative estimate of drug-likeness (QED) is 0.664. The molecule has 0 amide bonds. The molecule has 0 heterocycles. The summed E-state index contributed by atoms with van der Waals surface area (Å²) in [7, 11) is 0. The molecule has 0 aromatic heterocycles. The summed E-state index contributed by atoms with van der Waals surface area (Å²) >= 11 is 5.54. The molecular weight excluding hydrogens is 260 g/mol. The predicted octanol–water partition coefficient (Wildman–Crippen LogP) is 5.07. The van der Waals surface area contributed by atoms with Crippen LogP contribution in [0.4, 0.5) is 0 Å². The second-order valence-electron chi connectivity index (χ2n) is 6.05. The highest BCUT2D eigenvalue weighted by molar-refractivity contribution is 6.07. The van der Waals surface area contributed by atoms with Gasteiger partial charge in [-0.15, -0.1) is 0 Å². The summed E-state index contributed by atoms with van der Waals surface area (Å²) in [4.78, 5) is 0. The molecule has 2 nitrogen and oxygen atoms in total. The smallest absolute Gasteiger partial charge is 0.134 e. The Morgan fingerprint density at radius 3 is 1.95 bits per heavy atom. The number of ether oxygens (including phenoxy) is 1. The van der Waals surface area contributed by atoms with Crippen LogP contribution in [0.5, 0.6) is 5.75 Å². The second kappa shape index (κ2) is 7.76. The molecule has 0 atom stereocenters. The van der Waals surface area contributed by atoms with Crippen LogP contribution in [0.3, 0.4) is 0 Å². The molecule has 0 radical (unpaired) electrons. The van der Waals surface area contributed by atoms with E-state index in [1.165, 1.54) is 0 Å². The first-order valence-corrected chi connectivity index (χ1v) is 7.26. The van der Waals surface area contributed by atoms with E-state index in [-0.39, 0.29) is 5.60 Å². The van der Waals surface area contributed by atoms with Crippen molar-refractivity contribution in [3.05, 3.63) is 30.3 Å². The van der Waals surface area contributed by atoms with Gasteiger partial charge in [0, 0.05) is 0 Å². The third-order valence-corrected chi connectivity index (χ3v) is 3.06. The van der Waals surface area contributed by atoms with Gasteiger partial charge in [0.25, 0.3) is 0 Å². The Kier molecular flexibility index (Phi) is 6.67. The van der Waals surface area contributed by atoms with Crippen molar-refractivity contribution in [2.24, 2.45) is 11.8 Å². The lowest BCUT2D eigenvalue weighted by atomic mass is 9.85. The lowest BCUT2D eigenvalue weighted by Gasteiger charge is -2.36. The minimum atomic E-state index is -0.356. The third-order valence-electron chi connectivity index (χ3n) is 2.96. The monoisotopic (exact) mass is 284 g/mol. The van der Waals surface area contributed by atoms with Crippen LogP contribution < -0.4 is 4.74 Å². The number of benzene rings is 1. The van der Waals surface area contributed by atoms with Gasteiger partial charge in [-0.05, 0) is 36.8 Å². The molecule has 0 bridgehead atoms. The van der Waals surface area contributed by atoms with Gasteiger partial charge in [-0.25, -0.2) is 0 Å². The molecule has 1 rings (SSSR count). The lowest BCUT2D eigenvalue weighted by Crippen LogP contribution is -2.43. The summed E-state index contributed by atoms with van der Waals surface area (Å²) in [5, 5.41) is 0. The van der Waals surface area contributed by atoms with E-state index in [4.69, 9.17) is 20.9 Å². The highest BCUT2D eigenvalue weighted by atomic mass is 35.5. The molecule has 0 fully saturated rings. The van der Waals surface area contributed by atoms with E-state index in [9.17, 15) is 0 Å². The number of rotatable bonds is 8. The van der Waals surface area contributed by atoms with Crippen molar-refractivity contribution in [1.29, 1.82) is 0 Å². The molecule has 0 aliphatic heterocycles. The Morgan fingerprint density at radius 1 is 1.00 bits per heavy atom. The van der Waals surface area contributed by atoms with Crippen LogP contribution in [0.2, 0.25) is 0 Å². The van der Waals surface area contributed by atoms with Gasteiger partial charge in [0.15, 0.2) is 0 Å². The second-order valence-corrected chi connectivity index (χ2v) is 6.27. The highest BCUT2D eigenvalue weighted by Gasteiger charge is 2.34. The van der Waals surface area contributed by atoms with E-state index in [2.05, 4.69) is 27.7 Å². The summed E-state index contributed by atoms with van der Waals surface area (Å²) in [6, 6.07) is 9.89. The lowest BCUT2D eigenvalue weighted by molar-refractivity contribution is -0.0120. The molecule has 3 heteroatoms. The summed E-state index contributed by atoms with van der Waals surface area (Å²) < 4.78 is 11.2. The molecular formula is C16H25ClO2. The molecule has 0 saturated carbocycles. The van der Waals surface area contributed by atoms with Crippen molar-refractivity contribution in [2.75, 3.05) is 6.61 Å². The third kappa shape index (κ3) is 5.84. The predicted molar refractivity (Wildman–Crippen MR) is 80.5 cm³/mol. The number of hydrogen-bond acceptors (Lipinski definition) is 2. The maximum atomic E-state index is 6.25. The number of para-hydroxylation sites is 1. The van der Waals surface area contributed by atoms with Gasteiger partial charge in [-0.2, -0.15) is 0 Å². The average Bonchev–Trinajstić information content (AvgIpc) is 2.28. The first-order valence-electron chi connectivity index (χ1n) is 6.95. The van der Waals surface area contributed by atoms with E-state index >= 15 is 0 Å². The van der Waals surface area contributed by atoms with Crippen LogP contribution in [-0.2, 0) is 4.29 Å². The summed E-state index contributed by atoms with van der Waals surface area (Å²) in [6.45, 7) is 9.17. The molecule has 0 spiro atoms. The highest BCUT2D eigenvalue weighted by Crippen LogP contribution is 2.31. The van der Waals surface area contributed by atoms with Crippen LogP contribution in [0.15, 0.2) is 30.3 Å². The van der Waals surface area contributed by atoms with Crippen LogP contribution in [0.25, 0.3) is 0 Å². The van der Waals surface area contributed by atoms with Crippen LogP contribution >= 0.6 is 11.9 Å². The van der Waals surface area contributed by atoms with Crippen molar-refractivity contribution in [2.45, 2.75) is 46.1 Å². The van der Waals surface area contributed by atoms with Crippen molar-refractivity contribution in [3.8, 4) is 5.75 Å². The van der Waals surface area contributed by atoms with Gasteiger partial charge in [-0.1, -0.05) is 45.9 Å². The number of hydrogen-bond donors (Lipinski definition) is 0. The maximum Gasteiger partial charge on any atom is 0.134 e. The fraction of sp³-hybridized carbons (Fsp3) is 0.625. The van der Waals surface area contributed by atoms with E-state index in [1.54, 1.807) is 0 Å². The molecule has 0 unspecified atom stereocenters. The Labute approximate surface area is 122 Å². The summed E-state index contributed by atoms with van der Waals surface area (Å²) in [5.74, 6) is 1.92.